The van der Waals surface area contributed by atoms with Crippen LogP contribution in [-0.2, 0) is 9.53 Å². The third-order valence-electron chi connectivity index (χ3n) is 4.73. The van der Waals surface area contributed by atoms with E-state index in [0.717, 1.165) is 29.7 Å². The van der Waals surface area contributed by atoms with Crippen LogP contribution in [0.1, 0.15) is 41.8 Å². The maximum Gasteiger partial charge on any atom is 0.331 e. The summed E-state index contributed by atoms with van der Waals surface area (Å²) in [6, 6.07) is 9.12. The Labute approximate surface area is 161 Å². The minimum absolute atomic E-state index is 0.333. The van der Waals surface area contributed by atoms with E-state index in [1.54, 1.807) is 18.2 Å². The van der Waals surface area contributed by atoms with Crippen molar-refractivity contribution in [1.82, 2.24) is 5.32 Å². The molecule has 1 aliphatic carbocycles. The molecule has 26 heavy (non-hydrogen) atoms. The van der Waals surface area contributed by atoms with Crippen molar-refractivity contribution in [2.75, 3.05) is 12.8 Å². The average Bonchev–Trinajstić information content (AvgIpc) is 3.04. The Balaban J connectivity index is 1.85. The zero-order chi connectivity index (χ0) is 18.7. The van der Waals surface area contributed by atoms with Crippen molar-refractivity contribution in [2.45, 2.75) is 37.6 Å². The van der Waals surface area contributed by atoms with Crippen LogP contribution in [0, 0.1) is 0 Å². The zero-order valence-electron chi connectivity index (χ0n) is 14.5. The van der Waals surface area contributed by atoms with Crippen LogP contribution in [0.5, 0.6) is 0 Å². The molecule has 0 aliphatic heterocycles. The summed E-state index contributed by atoms with van der Waals surface area (Å²) >= 11 is 7.22. The molecule has 3 rings (SSSR count). The Morgan fingerprint density at radius 2 is 1.85 bits per heavy atom. The Bertz CT molecular complexity index is 811. The fourth-order valence-corrected chi connectivity index (χ4v) is 4.45. The van der Waals surface area contributed by atoms with Gasteiger partial charge >= 0.3 is 5.97 Å². The van der Waals surface area contributed by atoms with E-state index in [1.807, 2.05) is 12.1 Å². The summed E-state index contributed by atoms with van der Waals surface area (Å²) in [5.41, 5.74) is 6.45. The molecule has 138 valence electrons. The number of anilines is 1. The van der Waals surface area contributed by atoms with Crippen molar-refractivity contribution in [3.05, 3.63) is 40.2 Å². The maximum atomic E-state index is 12.8. The van der Waals surface area contributed by atoms with Gasteiger partial charge in [-0.25, -0.2) is 4.79 Å². The summed E-state index contributed by atoms with van der Waals surface area (Å²) < 4.78 is 4.95. The summed E-state index contributed by atoms with van der Waals surface area (Å²) in [6.45, 7) is 0. The fraction of sp³-hybridized carbons (Fsp3) is 0.368. The number of carbonyl (C=O) groups is 2. The molecule has 1 heterocycles. The highest BCUT2D eigenvalue weighted by Gasteiger charge is 2.42. The van der Waals surface area contributed by atoms with Crippen molar-refractivity contribution in [3.8, 4) is 10.4 Å². The topological polar surface area (TPSA) is 81.4 Å². The molecule has 0 unspecified atom stereocenters. The molecule has 0 spiro atoms. The van der Waals surface area contributed by atoms with Crippen molar-refractivity contribution < 1.29 is 14.3 Å². The smallest absolute Gasteiger partial charge is 0.331 e. The molecule has 0 radical (unpaired) electrons. The quantitative estimate of drug-likeness (QED) is 0.762. The van der Waals surface area contributed by atoms with Gasteiger partial charge in [-0.05, 0) is 36.6 Å². The number of ether oxygens (including phenoxy) is 1. The van der Waals surface area contributed by atoms with Gasteiger partial charge in [0.25, 0.3) is 5.91 Å². The SMILES string of the molecule is COC(=O)C1(NC(=O)c2sc(-c3ccc(Cl)cc3)cc2N)CCCCC1. The zero-order valence-corrected chi connectivity index (χ0v) is 16.1. The fourth-order valence-electron chi connectivity index (χ4n) is 3.34. The first-order chi connectivity index (χ1) is 12.4. The first-order valence-corrected chi connectivity index (χ1v) is 9.71. The highest BCUT2D eigenvalue weighted by molar-refractivity contribution is 7.18. The number of thiophene rings is 1. The molecule has 1 saturated carbocycles. The van der Waals surface area contributed by atoms with Gasteiger partial charge < -0.3 is 15.8 Å². The summed E-state index contributed by atoms with van der Waals surface area (Å²) in [5.74, 6) is -0.724. The number of esters is 1. The number of benzene rings is 1. The lowest BCUT2D eigenvalue weighted by molar-refractivity contribution is -0.149. The van der Waals surface area contributed by atoms with Crippen LogP contribution in [0.2, 0.25) is 5.02 Å². The molecule has 2 aromatic rings. The normalized spacial score (nSPS) is 16.1. The highest BCUT2D eigenvalue weighted by Crippen LogP contribution is 2.35. The first kappa shape index (κ1) is 18.7. The molecule has 0 bridgehead atoms. The Kier molecular flexibility index (Phi) is 5.53. The van der Waals surface area contributed by atoms with E-state index in [9.17, 15) is 9.59 Å². The molecule has 1 aromatic carbocycles. The lowest BCUT2D eigenvalue weighted by Crippen LogP contribution is -2.56. The molecule has 1 fully saturated rings. The second-order valence-electron chi connectivity index (χ2n) is 6.49. The van der Waals surface area contributed by atoms with Crippen molar-refractivity contribution >= 4 is 40.5 Å². The summed E-state index contributed by atoms with van der Waals surface area (Å²) in [4.78, 5) is 26.5. The minimum Gasteiger partial charge on any atom is -0.467 e. The van der Waals surface area contributed by atoms with Gasteiger partial charge in [-0.1, -0.05) is 43.0 Å². The van der Waals surface area contributed by atoms with Gasteiger partial charge in [0, 0.05) is 9.90 Å². The second kappa shape index (κ2) is 7.68. The van der Waals surface area contributed by atoms with Gasteiger partial charge in [0.1, 0.15) is 10.4 Å². The summed E-state index contributed by atoms with van der Waals surface area (Å²) in [5, 5.41) is 3.56. The predicted octanol–water partition coefficient (Wildman–Crippen LogP) is 4.26. The Morgan fingerprint density at radius 1 is 1.19 bits per heavy atom. The van der Waals surface area contributed by atoms with Crippen LogP contribution in [0.15, 0.2) is 30.3 Å². The van der Waals surface area contributed by atoms with Gasteiger partial charge in [-0.2, -0.15) is 0 Å². The average molecular weight is 393 g/mol. The van der Waals surface area contributed by atoms with E-state index in [2.05, 4.69) is 5.32 Å². The van der Waals surface area contributed by atoms with E-state index >= 15 is 0 Å². The van der Waals surface area contributed by atoms with E-state index in [-0.39, 0.29) is 5.91 Å². The number of nitrogens with two attached hydrogens (primary N) is 1. The molecule has 1 amide bonds. The number of nitrogen functional groups attached to an aromatic ring is 1. The number of amides is 1. The van der Waals surface area contributed by atoms with Crippen LogP contribution in [0.4, 0.5) is 5.69 Å². The largest absolute Gasteiger partial charge is 0.467 e. The molecular formula is C19H21ClN2O3S. The molecule has 1 aliphatic rings. The minimum atomic E-state index is -0.957. The van der Waals surface area contributed by atoms with Crippen LogP contribution >= 0.6 is 22.9 Å². The van der Waals surface area contributed by atoms with Crippen LogP contribution < -0.4 is 11.1 Å². The lowest BCUT2D eigenvalue weighted by Gasteiger charge is -2.35. The van der Waals surface area contributed by atoms with Gasteiger partial charge in [-0.3, -0.25) is 4.79 Å². The van der Waals surface area contributed by atoms with Crippen molar-refractivity contribution in [3.63, 3.8) is 0 Å². The van der Waals surface area contributed by atoms with Gasteiger partial charge in [-0.15, -0.1) is 11.3 Å². The Morgan fingerprint density at radius 3 is 2.46 bits per heavy atom. The number of rotatable bonds is 4. The second-order valence-corrected chi connectivity index (χ2v) is 7.98. The molecule has 3 N–H and O–H groups in total. The standard InChI is InChI=1S/C19H21ClN2O3S/c1-25-18(24)19(9-3-2-4-10-19)22-17(23)16-14(21)11-15(26-16)12-5-7-13(20)8-6-12/h5-8,11H,2-4,9-10,21H2,1H3,(H,22,23). The van der Waals surface area contributed by atoms with E-state index in [0.29, 0.717) is 28.4 Å². The van der Waals surface area contributed by atoms with E-state index in [4.69, 9.17) is 22.1 Å². The third kappa shape index (κ3) is 3.71. The van der Waals surface area contributed by atoms with Crippen LogP contribution in [-0.4, -0.2) is 24.5 Å². The molecule has 1 aromatic heterocycles. The third-order valence-corrected chi connectivity index (χ3v) is 6.18. The van der Waals surface area contributed by atoms with Crippen LogP contribution in [0.25, 0.3) is 10.4 Å². The van der Waals surface area contributed by atoms with Crippen LogP contribution in [0.3, 0.4) is 0 Å². The maximum absolute atomic E-state index is 12.8. The number of hydrogen-bond acceptors (Lipinski definition) is 5. The first-order valence-electron chi connectivity index (χ1n) is 8.51. The summed E-state index contributed by atoms with van der Waals surface area (Å²) in [6.07, 6.45) is 3.98. The molecule has 0 atom stereocenters. The van der Waals surface area contributed by atoms with Crippen molar-refractivity contribution in [1.29, 1.82) is 0 Å². The number of carbonyl (C=O) groups excluding carboxylic acids is 2. The van der Waals surface area contributed by atoms with Gasteiger partial charge in [0.15, 0.2) is 0 Å². The van der Waals surface area contributed by atoms with E-state index in [1.165, 1.54) is 18.4 Å². The number of methoxy groups -OCH3 is 1. The molecular weight excluding hydrogens is 372 g/mol. The predicted molar refractivity (Wildman–Crippen MR) is 104 cm³/mol. The Hall–Kier alpha value is -2.05. The number of nitrogens with one attached hydrogen (secondary N) is 1. The van der Waals surface area contributed by atoms with Gasteiger partial charge in [0.05, 0.1) is 12.8 Å². The number of hydrogen-bond donors (Lipinski definition) is 2. The highest BCUT2D eigenvalue weighted by atomic mass is 35.5. The lowest BCUT2D eigenvalue weighted by atomic mass is 9.81. The molecule has 7 heteroatoms. The number of halogens is 1. The molecule has 5 nitrogen and oxygen atoms in total. The van der Waals surface area contributed by atoms with Crippen molar-refractivity contribution in [2.24, 2.45) is 0 Å². The van der Waals surface area contributed by atoms with Gasteiger partial charge in [0.2, 0.25) is 0 Å². The summed E-state index contributed by atoms with van der Waals surface area (Å²) in [7, 11) is 1.35. The monoisotopic (exact) mass is 392 g/mol. The molecule has 0 saturated heterocycles. The van der Waals surface area contributed by atoms with E-state index < -0.39 is 11.5 Å².